The molecule has 0 saturated carbocycles. The predicted octanol–water partition coefficient (Wildman–Crippen LogP) is 2.37. The number of pyridine rings is 1. The lowest BCUT2D eigenvalue weighted by molar-refractivity contribution is 0.0693. The average Bonchev–Trinajstić information content (AvgIpc) is 2.52. The molecule has 1 aromatic carbocycles. The summed E-state index contributed by atoms with van der Waals surface area (Å²) in [6.07, 6.45) is 1.44. The van der Waals surface area contributed by atoms with E-state index in [0.717, 1.165) is 0 Å². The Morgan fingerprint density at radius 3 is 2.73 bits per heavy atom. The number of hydrogen-bond acceptors (Lipinski definition) is 4. The Bertz CT molecular complexity index is 718. The third-order valence-corrected chi connectivity index (χ3v) is 3.14. The minimum absolute atomic E-state index is 0.0428. The van der Waals surface area contributed by atoms with Gasteiger partial charge in [0.05, 0.1) is 7.11 Å². The molecular weight excluding hydrogens is 308 g/mol. The van der Waals surface area contributed by atoms with Crippen molar-refractivity contribution in [2.75, 3.05) is 7.11 Å². The molecule has 1 amide bonds. The van der Waals surface area contributed by atoms with Gasteiger partial charge in [-0.3, -0.25) is 4.79 Å². The van der Waals surface area contributed by atoms with Crippen LogP contribution < -0.4 is 10.1 Å². The van der Waals surface area contributed by atoms with E-state index in [9.17, 15) is 9.59 Å². The lowest BCUT2D eigenvalue weighted by Crippen LogP contribution is -2.23. The highest BCUT2D eigenvalue weighted by Crippen LogP contribution is 2.20. The van der Waals surface area contributed by atoms with Gasteiger partial charge in [0.2, 0.25) is 0 Å². The van der Waals surface area contributed by atoms with Crippen molar-refractivity contribution in [3.8, 4) is 5.75 Å². The number of nitrogens with zero attached hydrogens (tertiary/aromatic N) is 1. The molecule has 0 aliphatic rings. The Labute approximate surface area is 131 Å². The van der Waals surface area contributed by atoms with E-state index < -0.39 is 5.97 Å². The second kappa shape index (κ2) is 6.91. The predicted molar refractivity (Wildman–Crippen MR) is 80.4 cm³/mol. The van der Waals surface area contributed by atoms with E-state index in [1.54, 1.807) is 12.1 Å². The van der Waals surface area contributed by atoms with Crippen molar-refractivity contribution < 1.29 is 19.4 Å². The van der Waals surface area contributed by atoms with E-state index >= 15 is 0 Å². The van der Waals surface area contributed by atoms with Crippen molar-refractivity contribution in [2.24, 2.45) is 0 Å². The van der Waals surface area contributed by atoms with Gasteiger partial charge < -0.3 is 15.2 Å². The number of carbonyl (C=O) groups is 2. The maximum atomic E-state index is 12.0. The molecule has 0 bridgehead atoms. The van der Waals surface area contributed by atoms with E-state index in [0.29, 0.717) is 11.1 Å². The normalized spacial score (nSPS) is 10.1. The topological polar surface area (TPSA) is 88.5 Å². The van der Waals surface area contributed by atoms with Crippen LogP contribution in [0, 0.1) is 0 Å². The van der Waals surface area contributed by atoms with E-state index in [-0.39, 0.29) is 28.9 Å². The standard InChI is InChI=1S/C15H13ClN2O4/c1-22-12-3-2-9(6-11(12)15(20)21)8-18-14(19)10-4-5-17-13(16)7-10/h2-7H,8H2,1H3,(H,18,19)(H,20,21). The number of carboxylic acids is 1. The second-order valence-electron chi connectivity index (χ2n) is 4.39. The molecule has 6 nitrogen and oxygen atoms in total. The Hall–Kier alpha value is -2.60. The van der Waals surface area contributed by atoms with Gasteiger partial charge >= 0.3 is 5.97 Å². The molecule has 0 atom stereocenters. The van der Waals surface area contributed by atoms with Crippen LogP contribution in [-0.2, 0) is 6.54 Å². The SMILES string of the molecule is COc1ccc(CNC(=O)c2ccnc(Cl)c2)cc1C(=O)O. The van der Waals surface area contributed by atoms with Gasteiger partial charge in [-0.25, -0.2) is 9.78 Å². The number of halogens is 1. The Morgan fingerprint density at radius 2 is 2.09 bits per heavy atom. The van der Waals surface area contributed by atoms with Crippen LogP contribution in [0.3, 0.4) is 0 Å². The molecule has 0 fully saturated rings. The first-order valence-corrected chi connectivity index (χ1v) is 6.69. The van der Waals surface area contributed by atoms with Gasteiger partial charge in [0, 0.05) is 18.3 Å². The first-order chi connectivity index (χ1) is 10.5. The maximum absolute atomic E-state index is 12.0. The molecule has 114 valence electrons. The van der Waals surface area contributed by atoms with Gasteiger partial charge in [0.25, 0.3) is 5.91 Å². The van der Waals surface area contributed by atoms with Gasteiger partial charge in [0.1, 0.15) is 16.5 Å². The van der Waals surface area contributed by atoms with E-state index in [1.165, 1.54) is 31.5 Å². The number of aromatic nitrogens is 1. The monoisotopic (exact) mass is 320 g/mol. The number of amides is 1. The van der Waals surface area contributed by atoms with E-state index in [2.05, 4.69) is 10.3 Å². The number of ether oxygens (including phenoxy) is 1. The van der Waals surface area contributed by atoms with E-state index in [4.69, 9.17) is 21.4 Å². The van der Waals surface area contributed by atoms with Crippen LogP contribution in [0.1, 0.15) is 26.3 Å². The summed E-state index contributed by atoms with van der Waals surface area (Å²) in [6, 6.07) is 7.69. The molecule has 7 heteroatoms. The summed E-state index contributed by atoms with van der Waals surface area (Å²) >= 11 is 5.72. The highest BCUT2D eigenvalue weighted by Gasteiger charge is 2.12. The summed E-state index contributed by atoms with van der Waals surface area (Å²) in [5, 5.41) is 12.0. The minimum atomic E-state index is -1.09. The van der Waals surface area contributed by atoms with Gasteiger partial charge in [0.15, 0.2) is 0 Å². The molecule has 0 unspecified atom stereocenters. The summed E-state index contributed by atoms with van der Waals surface area (Å²) in [7, 11) is 1.40. The van der Waals surface area contributed by atoms with Crippen LogP contribution in [0.4, 0.5) is 0 Å². The molecule has 22 heavy (non-hydrogen) atoms. The quantitative estimate of drug-likeness (QED) is 0.826. The Balaban J connectivity index is 2.10. The van der Waals surface area contributed by atoms with Crippen LogP contribution in [0.2, 0.25) is 5.15 Å². The summed E-state index contributed by atoms with van der Waals surface area (Å²) in [5.41, 5.74) is 1.07. The van der Waals surface area contributed by atoms with Crippen LogP contribution in [0.15, 0.2) is 36.5 Å². The van der Waals surface area contributed by atoms with E-state index in [1.807, 2.05) is 0 Å². The number of methoxy groups -OCH3 is 1. The lowest BCUT2D eigenvalue weighted by Gasteiger charge is -2.09. The smallest absolute Gasteiger partial charge is 0.339 e. The zero-order chi connectivity index (χ0) is 16.1. The zero-order valence-electron chi connectivity index (χ0n) is 11.7. The zero-order valence-corrected chi connectivity index (χ0v) is 12.4. The van der Waals surface area contributed by atoms with Crippen molar-refractivity contribution in [1.82, 2.24) is 10.3 Å². The second-order valence-corrected chi connectivity index (χ2v) is 4.78. The highest BCUT2D eigenvalue weighted by atomic mass is 35.5. The largest absolute Gasteiger partial charge is 0.496 e. The number of rotatable bonds is 5. The van der Waals surface area contributed by atoms with Crippen LogP contribution >= 0.6 is 11.6 Å². The van der Waals surface area contributed by atoms with Crippen LogP contribution in [0.25, 0.3) is 0 Å². The summed E-state index contributed by atoms with van der Waals surface area (Å²) in [6.45, 7) is 0.184. The average molecular weight is 321 g/mol. The van der Waals surface area contributed by atoms with Gasteiger partial charge in [-0.1, -0.05) is 17.7 Å². The molecule has 0 aliphatic heterocycles. The van der Waals surface area contributed by atoms with Crippen molar-refractivity contribution in [1.29, 1.82) is 0 Å². The van der Waals surface area contributed by atoms with Crippen molar-refractivity contribution >= 4 is 23.5 Å². The number of carboxylic acid groups (broad SMARTS) is 1. The first kappa shape index (κ1) is 15.8. The third kappa shape index (κ3) is 3.73. The molecule has 1 heterocycles. The maximum Gasteiger partial charge on any atom is 0.339 e. The number of carbonyl (C=O) groups excluding carboxylic acids is 1. The number of benzene rings is 1. The Kier molecular flexibility index (Phi) is 4.95. The third-order valence-electron chi connectivity index (χ3n) is 2.94. The highest BCUT2D eigenvalue weighted by molar-refractivity contribution is 6.29. The molecular formula is C15H13ClN2O4. The molecule has 2 aromatic rings. The Morgan fingerprint density at radius 1 is 1.32 bits per heavy atom. The van der Waals surface area contributed by atoms with Gasteiger partial charge in [-0.2, -0.15) is 0 Å². The van der Waals surface area contributed by atoms with Crippen LogP contribution in [0.5, 0.6) is 5.75 Å². The molecule has 0 spiro atoms. The van der Waals surface area contributed by atoms with Crippen molar-refractivity contribution in [3.05, 3.63) is 58.4 Å². The number of hydrogen-bond donors (Lipinski definition) is 2. The molecule has 0 aliphatic carbocycles. The number of aromatic carboxylic acids is 1. The summed E-state index contributed by atoms with van der Waals surface area (Å²) in [5.74, 6) is -1.15. The van der Waals surface area contributed by atoms with Crippen LogP contribution in [-0.4, -0.2) is 29.1 Å². The fourth-order valence-corrected chi connectivity index (χ4v) is 2.03. The lowest BCUT2D eigenvalue weighted by atomic mass is 10.1. The summed E-state index contributed by atoms with van der Waals surface area (Å²) < 4.78 is 4.98. The molecule has 1 aromatic heterocycles. The molecule has 2 N–H and O–H groups in total. The molecule has 2 rings (SSSR count). The van der Waals surface area contributed by atoms with Crippen molar-refractivity contribution in [3.63, 3.8) is 0 Å². The molecule has 0 saturated heterocycles. The number of nitrogens with one attached hydrogen (secondary N) is 1. The van der Waals surface area contributed by atoms with Gasteiger partial charge in [-0.15, -0.1) is 0 Å². The summed E-state index contributed by atoms with van der Waals surface area (Å²) in [4.78, 5) is 26.9. The molecule has 0 radical (unpaired) electrons. The fourth-order valence-electron chi connectivity index (χ4n) is 1.86. The van der Waals surface area contributed by atoms with Crippen molar-refractivity contribution in [2.45, 2.75) is 6.54 Å². The first-order valence-electron chi connectivity index (χ1n) is 6.31. The fraction of sp³-hybridized carbons (Fsp3) is 0.133. The minimum Gasteiger partial charge on any atom is -0.496 e. The van der Waals surface area contributed by atoms with Gasteiger partial charge in [-0.05, 0) is 29.8 Å².